The van der Waals surface area contributed by atoms with Gasteiger partial charge in [-0.2, -0.15) is 0 Å². The number of hydrogen-bond acceptors (Lipinski definition) is 4. The third-order valence-electron chi connectivity index (χ3n) is 4.96. The van der Waals surface area contributed by atoms with Crippen molar-refractivity contribution in [1.82, 2.24) is 20.4 Å². The van der Waals surface area contributed by atoms with E-state index < -0.39 is 0 Å². The third kappa shape index (κ3) is 5.28. The van der Waals surface area contributed by atoms with Gasteiger partial charge < -0.3 is 20.4 Å². The summed E-state index contributed by atoms with van der Waals surface area (Å²) in [6, 6.07) is 9.93. The number of rotatable bonds is 7. The van der Waals surface area contributed by atoms with Crippen LogP contribution in [0.5, 0.6) is 0 Å². The highest BCUT2D eigenvalue weighted by atomic mass is 16.2. The number of piperazine rings is 1. The van der Waals surface area contributed by atoms with E-state index in [2.05, 4.69) is 15.5 Å². The van der Waals surface area contributed by atoms with Crippen molar-refractivity contribution < 1.29 is 9.59 Å². The molecule has 0 bridgehead atoms. The first kappa shape index (κ1) is 17.9. The van der Waals surface area contributed by atoms with Crippen molar-refractivity contribution >= 4 is 11.8 Å². The first-order valence-electron chi connectivity index (χ1n) is 9.25. The van der Waals surface area contributed by atoms with Gasteiger partial charge in [-0.05, 0) is 18.5 Å². The van der Waals surface area contributed by atoms with E-state index in [1.54, 1.807) is 4.90 Å². The Morgan fingerprint density at radius 2 is 1.96 bits per heavy atom. The third-order valence-corrected chi connectivity index (χ3v) is 4.96. The first-order chi connectivity index (χ1) is 12.2. The molecular weight excluding hydrogens is 316 g/mol. The van der Waals surface area contributed by atoms with E-state index in [1.807, 2.05) is 30.3 Å². The van der Waals surface area contributed by atoms with Crippen LogP contribution in [0.1, 0.15) is 18.4 Å². The number of amides is 2. The van der Waals surface area contributed by atoms with Gasteiger partial charge in [0, 0.05) is 52.2 Å². The molecule has 0 radical (unpaired) electrons. The monoisotopic (exact) mass is 344 g/mol. The summed E-state index contributed by atoms with van der Waals surface area (Å²) >= 11 is 0. The highest BCUT2D eigenvalue weighted by Crippen LogP contribution is 2.20. The van der Waals surface area contributed by atoms with E-state index in [0.717, 1.165) is 44.7 Å². The van der Waals surface area contributed by atoms with Crippen molar-refractivity contribution in [1.29, 1.82) is 0 Å². The van der Waals surface area contributed by atoms with Crippen LogP contribution in [0.2, 0.25) is 0 Å². The zero-order chi connectivity index (χ0) is 17.5. The maximum Gasteiger partial charge on any atom is 0.225 e. The minimum atomic E-state index is -0.213. The molecule has 2 fully saturated rings. The fourth-order valence-corrected chi connectivity index (χ4v) is 3.50. The second kappa shape index (κ2) is 8.97. The molecule has 6 nitrogen and oxygen atoms in total. The van der Waals surface area contributed by atoms with Crippen LogP contribution < -0.4 is 10.6 Å². The van der Waals surface area contributed by atoms with Gasteiger partial charge in [0.15, 0.2) is 0 Å². The number of benzene rings is 1. The summed E-state index contributed by atoms with van der Waals surface area (Å²) in [5.41, 5.74) is 1.10. The predicted molar refractivity (Wildman–Crippen MR) is 96.9 cm³/mol. The molecule has 6 heteroatoms. The Morgan fingerprint density at radius 3 is 2.72 bits per heavy atom. The molecule has 0 aliphatic carbocycles. The molecule has 1 unspecified atom stereocenters. The highest BCUT2D eigenvalue weighted by Gasteiger charge is 2.33. The second-order valence-electron chi connectivity index (χ2n) is 6.90. The fraction of sp³-hybridized carbons (Fsp3) is 0.579. The van der Waals surface area contributed by atoms with Crippen LogP contribution >= 0.6 is 0 Å². The van der Waals surface area contributed by atoms with Crippen LogP contribution in [0, 0.1) is 5.92 Å². The molecule has 3 rings (SSSR count). The predicted octanol–water partition coefficient (Wildman–Crippen LogP) is 0.447. The van der Waals surface area contributed by atoms with Gasteiger partial charge in [-0.3, -0.25) is 9.59 Å². The van der Waals surface area contributed by atoms with Gasteiger partial charge in [0.25, 0.3) is 0 Å². The molecule has 2 heterocycles. The van der Waals surface area contributed by atoms with Crippen LogP contribution in [-0.4, -0.2) is 67.4 Å². The van der Waals surface area contributed by atoms with Gasteiger partial charge in [-0.25, -0.2) is 0 Å². The molecule has 1 aromatic rings. The number of carbonyl (C=O) groups excluding carboxylic acids is 2. The van der Waals surface area contributed by atoms with Crippen LogP contribution in [0.4, 0.5) is 0 Å². The number of hydrogen-bond donors (Lipinski definition) is 2. The first-order valence-corrected chi connectivity index (χ1v) is 9.25. The molecule has 0 aromatic heterocycles. The Bertz CT molecular complexity index is 572. The van der Waals surface area contributed by atoms with Crippen LogP contribution in [0.15, 0.2) is 30.3 Å². The van der Waals surface area contributed by atoms with Gasteiger partial charge in [-0.15, -0.1) is 0 Å². The van der Waals surface area contributed by atoms with E-state index in [0.29, 0.717) is 26.1 Å². The molecule has 2 aliphatic heterocycles. The zero-order valence-corrected chi connectivity index (χ0v) is 14.7. The van der Waals surface area contributed by atoms with Crippen LogP contribution in [0.25, 0.3) is 0 Å². The summed E-state index contributed by atoms with van der Waals surface area (Å²) in [6.07, 6.45) is 1.29. The van der Waals surface area contributed by atoms with Crippen LogP contribution in [-0.2, 0) is 16.1 Å². The molecule has 25 heavy (non-hydrogen) atoms. The van der Waals surface area contributed by atoms with Crippen molar-refractivity contribution in [2.24, 2.45) is 5.92 Å². The maximum atomic E-state index is 12.3. The lowest BCUT2D eigenvalue weighted by Crippen LogP contribution is -2.44. The quantitative estimate of drug-likeness (QED) is 0.705. The van der Waals surface area contributed by atoms with Gasteiger partial charge in [0.2, 0.25) is 11.8 Å². The standard InChI is InChI=1S/C19H28N4O2/c24-18-13-17(15-23(18)14-16-5-2-1-3-6-16)19(25)21-7-4-10-22-11-8-20-9-12-22/h1-3,5-6,17,20H,4,7-15H2,(H,21,25). The van der Waals surface area contributed by atoms with Gasteiger partial charge >= 0.3 is 0 Å². The average Bonchev–Trinajstić information content (AvgIpc) is 3.01. The van der Waals surface area contributed by atoms with Crippen molar-refractivity contribution in [2.75, 3.05) is 45.8 Å². The topological polar surface area (TPSA) is 64.7 Å². The lowest BCUT2D eigenvalue weighted by molar-refractivity contribution is -0.129. The van der Waals surface area contributed by atoms with Crippen molar-refractivity contribution in [2.45, 2.75) is 19.4 Å². The van der Waals surface area contributed by atoms with Crippen molar-refractivity contribution in [3.05, 3.63) is 35.9 Å². The summed E-state index contributed by atoms with van der Waals surface area (Å²) in [5.74, 6) is -0.121. The Hall–Kier alpha value is -1.92. The number of nitrogens with zero attached hydrogens (tertiary/aromatic N) is 2. The largest absolute Gasteiger partial charge is 0.356 e. The Balaban J connectivity index is 1.37. The Kier molecular flexibility index (Phi) is 6.42. The van der Waals surface area contributed by atoms with E-state index in [9.17, 15) is 9.59 Å². The summed E-state index contributed by atoms with van der Waals surface area (Å²) in [7, 11) is 0. The van der Waals surface area contributed by atoms with E-state index in [4.69, 9.17) is 0 Å². The Labute approximate surface area is 149 Å². The summed E-state index contributed by atoms with van der Waals surface area (Å²) in [6.45, 7) is 7.09. The van der Waals surface area contributed by atoms with E-state index in [1.165, 1.54) is 0 Å². The number of carbonyl (C=O) groups is 2. The lowest BCUT2D eigenvalue weighted by atomic mass is 10.1. The molecule has 1 aromatic carbocycles. The molecule has 0 spiro atoms. The molecular formula is C19H28N4O2. The number of likely N-dealkylation sites (tertiary alicyclic amines) is 1. The van der Waals surface area contributed by atoms with Gasteiger partial charge in [0.1, 0.15) is 0 Å². The minimum absolute atomic E-state index is 0.0178. The molecule has 136 valence electrons. The van der Waals surface area contributed by atoms with Gasteiger partial charge in [-0.1, -0.05) is 30.3 Å². The maximum absolute atomic E-state index is 12.3. The molecule has 0 saturated carbocycles. The number of nitrogens with one attached hydrogen (secondary N) is 2. The lowest BCUT2D eigenvalue weighted by Gasteiger charge is -2.27. The minimum Gasteiger partial charge on any atom is -0.356 e. The van der Waals surface area contributed by atoms with Gasteiger partial charge in [0.05, 0.1) is 5.92 Å². The van der Waals surface area contributed by atoms with Crippen molar-refractivity contribution in [3.8, 4) is 0 Å². The zero-order valence-electron chi connectivity index (χ0n) is 14.7. The van der Waals surface area contributed by atoms with Crippen molar-refractivity contribution in [3.63, 3.8) is 0 Å². The highest BCUT2D eigenvalue weighted by molar-refractivity contribution is 5.89. The second-order valence-corrected chi connectivity index (χ2v) is 6.90. The van der Waals surface area contributed by atoms with Crippen LogP contribution in [0.3, 0.4) is 0 Å². The van der Waals surface area contributed by atoms with E-state index in [-0.39, 0.29) is 17.7 Å². The summed E-state index contributed by atoms with van der Waals surface area (Å²) < 4.78 is 0. The molecule has 1 atom stereocenters. The SMILES string of the molecule is O=C(NCCCN1CCNCC1)C1CC(=O)N(Cc2ccccc2)C1. The molecule has 2 amide bonds. The summed E-state index contributed by atoms with van der Waals surface area (Å²) in [5, 5.41) is 6.35. The normalized spacial score (nSPS) is 21.5. The molecule has 2 saturated heterocycles. The molecule has 2 N–H and O–H groups in total. The Morgan fingerprint density at radius 1 is 1.20 bits per heavy atom. The summed E-state index contributed by atoms with van der Waals surface area (Å²) in [4.78, 5) is 28.7. The molecule has 2 aliphatic rings. The smallest absolute Gasteiger partial charge is 0.225 e. The fourth-order valence-electron chi connectivity index (χ4n) is 3.50. The van der Waals surface area contributed by atoms with E-state index >= 15 is 0 Å². The average molecular weight is 344 g/mol.